The van der Waals surface area contributed by atoms with Gasteiger partial charge in [-0.05, 0) is 24.3 Å². The van der Waals surface area contributed by atoms with Gasteiger partial charge in [0.2, 0.25) is 5.75 Å². The van der Waals surface area contributed by atoms with Crippen molar-refractivity contribution in [2.45, 2.75) is 0 Å². The molecular weight excluding hydrogens is 386 g/mol. The Bertz CT molecular complexity index is 861. The summed E-state index contributed by atoms with van der Waals surface area (Å²) in [5, 5.41) is 6.64. The molecule has 28 heavy (non-hydrogen) atoms. The Balaban J connectivity index is 1.94. The fraction of sp³-hybridized carbons (Fsp3) is 0.211. The summed E-state index contributed by atoms with van der Waals surface area (Å²) in [6.07, 6.45) is 1.41. The van der Waals surface area contributed by atoms with E-state index in [1.807, 2.05) is 0 Å². The first kappa shape index (κ1) is 21.0. The first-order valence-corrected chi connectivity index (χ1v) is 8.52. The molecule has 2 rings (SSSR count). The van der Waals surface area contributed by atoms with Crippen molar-refractivity contribution in [3.8, 4) is 17.2 Å². The molecule has 2 N–H and O–H groups in total. The van der Waals surface area contributed by atoms with Gasteiger partial charge in [0.25, 0.3) is 11.8 Å². The zero-order valence-electron chi connectivity index (χ0n) is 15.6. The lowest BCUT2D eigenvalue weighted by atomic mass is 10.2. The van der Waals surface area contributed by atoms with Crippen LogP contribution < -0.4 is 25.0 Å². The third-order valence-electron chi connectivity index (χ3n) is 3.62. The van der Waals surface area contributed by atoms with E-state index < -0.39 is 11.8 Å². The first-order valence-electron chi connectivity index (χ1n) is 8.14. The summed E-state index contributed by atoms with van der Waals surface area (Å²) < 4.78 is 15.7. The molecule has 0 aliphatic rings. The summed E-state index contributed by atoms with van der Waals surface area (Å²) in [7, 11) is 4.51. The molecule has 0 saturated heterocycles. The van der Waals surface area contributed by atoms with Crippen LogP contribution >= 0.6 is 11.6 Å². The van der Waals surface area contributed by atoms with Crippen LogP contribution in [0.25, 0.3) is 0 Å². The number of ether oxygens (including phenoxy) is 3. The maximum absolute atomic E-state index is 12.0. The van der Waals surface area contributed by atoms with Crippen LogP contribution in [-0.2, 0) is 4.79 Å². The number of hydrazone groups is 1. The van der Waals surface area contributed by atoms with E-state index >= 15 is 0 Å². The average molecular weight is 406 g/mol. The number of benzene rings is 2. The summed E-state index contributed by atoms with van der Waals surface area (Å²) in [4.78, 5) is 23.9. The van der Waals surface area contributed by atoms with Gasteiger partial charge in [-0.3, -0.25) is 9.59 Å². The number of amides is 2. The zero-order valence-corrected chi connectivity index (χ0v) is 16.4. The molecule has 0 heterocycles. The van der Waals surface area contributed by atoms with Crippen molar-refractivity contribution in [2.24, 2.45) is 5.10 Å². The molecular formula is C19H20ClN3O5. The second kappa shape index (κ2) is 10.2. The Kier molecular flexibility index (Phi) is 7.65. The van der Waals surface area contributed by atoms with Gasteiger partial charge >= 0.3 is 0 Å². The van der Waals surface area contributed by atoms with Crippen LogP contribution in [0.2, 0.25) is 5.02 Å². The number of carbonyl (C=O) groups excluding carboxylic acids is 2. The van der Waals surface area contributed by atoms with E-state index in [4.69, 9.17) is 25.8 Å². The van der Waals surface area contributed by atoms with Crippen LogP contribution in [-0.4, -0.2) is 45.9 Å². The fourth-order valence-corrected chi connectivity index (χ4v) is 2.52. The lowest BCUT2D eigenvalue weighted by Gasteiger charge is -2.12. The molecule has 0 aromatic heterocycles. The van der Waals surface area contributed by atoms with Crippen LogP contribution in [0.3, 0.4) is 0 Å². The largest absolute Gasteiger partial charge is 0.493 e. The van der Waals surface area contributed by atoms with Gasteiger partial charge in [0, 0.05) is 5.56 Å². The van der Waals surface area contributed by atoms with Gasteiger partial charge in [-0.15, -0.1) is 0 Å². The van der Waals surface area contributed by atoms with Crippen LogP contribution in [0, 0.1) is 0 Å². The number of halogens is 1. The van der Waals surface area contributed by atoms with Crippen LogP contribution in [0.4, 0.5) is 0 Å². The number of hydrogen-bond acceptors (Lipinski definition) is 6. The second-order valence-electron chi connectivity index (χ2n) is 5.41. The van der Waals surface area contributed by atoms with Crippen molar-refractivity contribution in [2.75, 3.05) is 27.9 Å². The number of nitrogens with zero attached hydrogens (tertiary/aromatic N) is 1. The topological polar surface area (TPSA) is 98.2 Å². The van der Waals surface area contributed by atoms with E-state index in [0.717, 1.165) is 0 Å². The average Bonchev–Trinajstić information content (AvgIpc) is 2.71. The number of carbonyl (C=O) groups is 2. The number of rotatable bonds is 8. The Morgan fingerprint density at radius 2 is 1.71 bits per heavy atom. The lowest BCUT2D eigenvalue weighted by molar-refractivity contribution is -0.120. The van der Waals surface area contributed by atoms with Gasteiger partial charge in [-0.1, -0.05) is 23.7 Å². The van der Waals surface area contributed by atoms with Crippen molar-refractivity contribution < 1.29 is 23.8 Å². The molecule has 9 heteroatoms. The summed E-state index contributed by atoms with van der Waals surface area (Å²) in [6, 6.07) is 9.91. The van der Waals surface area contributed by atoms with Gasteiger partial charge in [-0.2, -0.15) is 5.10 Å². The molecule has 0 fully saturated rings. The smallest absolute Gasteiger partial charge is 0.259 e. The van der Waals surface area contributed by atoms with E-state index in [1.165, 1.54) is 27.5 Å². The highest BCUT2D eigenvalue weighted by Gasteiger charge is 2.13. The predicted octanol–water partition coefficient (Wildman–Crippen LogP) is 2.25. The zero-order chi connectivity index (χ0) is 20.5. The number of nitrogens with one attached hydrogen (secondary N) is 2. The minimum Gasteiger partial charge on any atom is -0.493 e. The van der Waals surface area contributed by atoms with E-state index in [1.54, 1.807) is 36.4 Å². The van der Waals surface area contributed by atoms with Gasteiger partial charge in [0.05, 0.1) is 44.7 Å². The van der Waals surface area contributed by atoms with Gasteiger partial charge in [0.15, 0.2) is 11.5 Å². The summed E-state index contributed by atoms with van der Waals surface area (Å²) in [5.41, 5.74) is 3.24. The molecule has 0 aliphatic carbocycles. The van der Waals surface area contributed by atoms with Crippen molar-refractivity contribution in [3.05, 3.63) is 52.5 Å². The molecule has 2 aromatic carbocycles. The maximum atomic E-state index is 12.0. The van der Waals surface area contributed by atoms with Gasteiger partial charge < -0.3 is 19.5 Å². The molecule has 0 aliphatic heterocycles. The van der Waals surface area contributed by atoms with Crippen molar-refractivity contribution in [3.63, 3.8) is 0 Å². The van der Waals surface area contributed by atoms with Gasteiger partial charge in [0.1, 0.15) is 0 Å². The minimum atomic E-state index is -0.496. The molecule has 8 nitrogen and oxygen atoms in total. The third kappa shape index (κ3) is 5.37. The molecule has 2 aromatic rings. The second-order valence-corrected chi connectivity index (χ2v) is 5.82. The standard InChI is InChI=1S/C19H20ClN3O5/c1-26-15-8-12(9-16(27-2)18(15)28-3)10-22-23-17(24)11-21-19(25)13-6-4-5-7-14(13)20/h4-10H,11H2,1-3H3,(H,21,25)(H,23,24). The third-order valence-corrected chi connectivity index (χ3v) is 3.95. The Morgan fingerprint density at radius 3 is 2.29 bits per heavy atom. The minimum absolute atomic E-state index is 0.253. The molecule has 0 unspecified atom stereocenters. The number of methoxy groups -OCH3 is 3. The summed E-state index contributed by atoms with van der Waals surface area (Å²) in [5.74, 6) is 0.426. The van der Waals surface area contributed by atoms with E-state index in [0.29, 0.717) is 27.8 Å². The summed E-state index contributed by atoms with van der Waals surface area (Å²) >= 11 is 5.94. The van der Waals surface area contributed by atoms with E-state index in [2.05, 4.69) is 15.8 Å². The summed E-state index contributed by atoms with van der Waals surface area (Å²) in [6.45, 7) is -0.253. The first-order chi connectivity index (χ1) is 13.5. The molecule has 148 valence electrons. The molecule has 0 spiro atoms. The maximum Gasteiger partial charge on any atom is 0.259 e. The lowest BCUT2D eigenvalue weighted by Crippen LogP contribution is -2.35. The van der Waals surface area contributed by atoms with E-state index in [9.17, 15) is 9.59 Å². The normalized spacial score (nSPS) is 10.4. The van der Waals surface area contributed by atoms with Crippen molar-refractivity contribution in [1.29, 1.82) is 0 Å². The Labute approximate surface area is 167 Å². The van der Waals surface area contributed by atoms with Gasteiger partial charge in [-0.25, -0.2) is 5.43 Å². The molecule has 0 saturated carbocycles. The van der Waals surface area contributed by atoms with Crippen molar-refractivity contribution in [1.82, 2.24) is 10.7 Å². The molecule has 0 bridgehead atoms. The SMILES string of the molecule is COc1cc(C=NNC(=O)CNC(=O)c2ccccc2Cl)cc(OC)c1OC. The molecule has 0 radical (unpaired) electrons. The highest BCUT2D eigenvalue weighted by Crippen LogP contribution is 2.37. The number of hydrogen-bond donors (Lipinski definition) is 2. The monoisotopic (exact) mass is 405 g/mol. The van der Waals surface area contributed by atoms with Crippen LogP contribution in [0.5, 0.6) is 17.2 Å². The quantitative estimate of drug-likeness (QED) is 0.518. The van der Waals surface area contributed by atoms with E-state index in [-0.39, 0.29) is 12.1 Å². The molecule has 0 atom stereocenters. The highest BCUT2D eigenvalue weighted by molar-refractivity contribution is 6.33. The van der Waals surface area contributed by atoms with Crippen LogP contribution in [0.15, 0.2) is 41.5 Å². The molecule has 2 amide bonds. The highest BCUT2D eigenvalue weighted by atomic mass is 35.5. The van der Waals surface area contributed by atoms with Crippen LogP contribution in [0.1, 0.15) is 15.9 Å². The Morgan fingerprint density at radius 1 is 1.07 bits per heavy atom. The van der Waals surface area contributed by atoms with Crippen molar-refractivity contribution >= 4 is 29.6 Å². The fourth-order valence-electron chi connectivity index (χ4n) is 2.30. The predicted molar refractivity (Wildman–Crippen MR) is 106 cm³/mol. The Hall–Kier alpha value is -3.26.